The zero-order chi connectivity index (χ0) is 25.4. The molecule has 2 N–H and O–H groups in total. The third kappa shape index (κ3) is 4.73. The Hall–Kier alpha value is -2.21. The number of aliphatic hydroxyl groups excluding tert-OH is 1. The molecule has 36 heavy (non-hydrogen) atoms. The minimum atomic E-state index is -1.05. The molecule has 5 nitrogen and oxygen atoms in total. The molecule has 1 spiro atoms. The fraction of sp³-hybridized carbons (Fsp3) is 0.483. The predicted octanol–water partition coefficient (Wildman–Crippen LogP) is 6.52. The van der Waals surface area contributed by atoms with Crippen LogP contribution in [0.25, 0.3) is 0 Å². The van der Waals surface area contributed by atoms with Gasteiger partial charge in [-0.05, 0) is 79.7 Å². The van der Waals surface area contributed by atoms with E-state index in [2.05, 4.69) is 24.0 Å². The zero-order valence-electron chi connectivity index (χ0n) is 20.6. The largest absolute Gasteiger partial charge is 0.490 e. The number of aliphatic hydroxyl groups is 1. The number of fused-ring (bicyclic) bond motifs is 3. The molecule has 0 unspecified atom stereocenters. The summed E-state index contributed by atoms with van der Waals surface area (Å²) in [5.41, 5.74) is 3.11. The van der Waals surface area contributed by atoms with Crippen LogP contribution in [0.2, 0.25) is 10.0 Å². The third-order valence-corrected chi connectivity index (χ3v) is 8.84. The summed E-state index contributed by atoms with van der Waals surface area (Å²) < 4.78 is 6.42. The van der Waals surface area contributed by atoms with Crippen molar-refractivity contribution in [1.82, 2.24) is 0 Å². The molecule has 1 fully saturated rings. The third-order valence-electron chi connectivity index (χ3n) is 8.30. The lowest BCUT2D eigenvalue weighted by Crippen LogP contribution is -2.49. The second-order valence-electron chi connectivity index (χ2n) is 10.5. The van der Waals surface area contributed by atoms with Crippen LogP contribution in [0.15, 0.2) is 42.5 Å². The van der Waals surface area contributed by atoms with Crippen molar-refractivity contribution < 1.29 is 19.7 Å². The standard InChI is InChI=1S/C29H33Cl2NO4/c1-2-3-6-26(33)21-9-7-19(21)15-32-16-29(11-4-5-18-12-20(30)8-10-23(18)29)17-36-27-14-24(31)22(28(34)35)13-25(27)32/h3,6,8,10,12-14,19,21,26,33H,2,4-5,7,9,11,15-17H2,1H3,(H,34,35)/b6-3+/t19-,21+,26-,29-/m0/s1. The Labute approximate surface area is 222 Å². The highest BCUT2D eigenvalue weighted by Gasteiger charge is 2.44. The Balaban J connectivity index is 1.53. The molecule has 1 heterocycles. The van der Waals surface area contributed by atoms with Crippen molar-refractivity contribution in [3.8, 4) is 5.75 Å². The first kappa shape index (κ1) is 25.4. The molecule has 0 radical (unpaired) electrons. The van der Waals surface area contributed by atoms with Gasteiger partial charge in [0.05, 0.1) is 29.0 Å². The van der Waals surface area contributed by atoms with Gasteiger partial charge in [-0.3, -0.25) is 0 Å². The molecule has 1 saturated carbocycles. The van der Waals surface area contributed by atoms with E-state index in [1.54, 1.807) is 12.1 Å². The minimum Gasteiger partial charge on any atom is -0.490 e. The van der Waals surface area contributed by atoms with E-state index < -0.39 is 12.1 Å². The molecule has 0 aromatic heterocycles. The quantitative estimate of drug-likeness (QED) is 0.417. The van der Waals surface area contributed by atoms with Crippen LogP contribution in [0.4, 0.5) is 5.69 Å². The Kier molecular flexibility index (Phi) is 7.26. The minimum absolute atomic E-state index is 0.0758. The number of halogens is 2. The second-order valence-corrected chi connectivity index (χ2v) is 11.4. The van der Waals surface area contributed by atoms with Crippen LogP contribution >= 0.6 is 23.2 Å². The number of nitrogens with zero attached hydrogens (tertiary/aromatic N) is 1. The first-order valence-electron chi connectivity index (χ1n) is 12.9. The summed E-state index contributed by atoms with van der Waals surface area (Å²) in [5, 5.41) is 21.4. The number of carboxylic acid groups (broad SMARTS) is 1. The van der Waals surface area contributed by atoms with Gasteiger partial charge in [-0.2, -0.15) is 0 Å². The molecule has 0 saturated heterocycles. The van der Waals surface area contributed by atoms with E-state index in [0.29, 0.717) is 24.8 Å². The maximum atomic E-state index is 11.9. The summed E-state index contributed by atoms with van der Waals surface area (Å²) in [5.74, 6) is 0.0630. The number of rotatable bonds is 6. The van der Waals surface area contributed by atoms with Gasteiger partial charge in [0.2, 0.25) is 0 Å². The van der Waals surface area contributed by atoms with Gasteiger partial charge in [-0.25, -0.2) is 4.79 Å². The fourth-order valence-corrected chi connectivity index (χ4v) is 6.70. The number of carbonyl (C=O) groups is 1. The monoisotopic (exact) mass is 529 g/mol. The molecular weight excluding hydrogens is 497 g/mol. The fourth-order valence-electron chi connectivity index (χ4n) is 6.27. The van der Waals surface area contributed by atoms with Crippen LogP contribution in [0, 0.1) is 11.8 Å². The van der Waals surface area contributed by atoms with Crippen molar-refractivity contribution in [2.24, 2.45) is 11.8 Å². The summed E-state index contributed by atoms with van der Waals surface area (Å²) in [6, 6.07) is 9.46. The van der Waals surface area contributed by atoms with Crippen molar-refractivity contribution in [2.45, 2.75) is 57.0 Å². The molecule has 5 rings (SSSR count). The summed E-state index contributed by atoms with van der Waals surface area (Å²) in [6.07, 6.45) is 9.40. The van der Waals surface area contributed by atoms with Crippen LogP contribution in [0.5, 0.6) is 5.75 Å². The number of ether oxygens (including phenoxy) is 1. The molecule has 2 aliphatic carbocycles. The zero-order valence-corrected chi connectivity index (χ0v) is 22.1. The van der Waals surface area contributed by atoms with Gasteiger partial charge in [0.25, 0.3) is 0 Å². The van der Waals surface area contributed by atoms with E-state index in [0.717, 1.165) is 55.8 Å². The smallest absolute Gasteiger partial charge is 0.337 e. The topological polar surface area (TPSA) is 70.0 Å². The van der Waals surface area contributed by atoms with E-state index >= 15 is 0 Å². The highest BCUT2D eigenvalue weighted by molar-refractivity contribution is 6.33. The lowest BCUT2D eigenvalue weighted by atomic mass is 9.68. The Bertz CT molecular complexity index is 1180. The highest BCUT2D eigenvalue weighted by atomic mass is 35.5. The van der Waals surface area contributed by atoms with Gasteiger partial charge in [0, 0.05) is 29.6 Å². The molecule has 1 aliphatic heterocycles. The predicted molar refractivity (Wildman–Crippen MR) is 144 cm³/mol. The van der Waals surface area contributed by atoms with Crippen LogP contribution in [0.3, 0.4) is 0 Å². The molecule has 4 atom stereocenters. The van der Waals surface area contributed by atoms with Gasteiger partial charge in [-0.1, -0.05) is 48.3 Å². The van der Waals surface area contributed by atoms with Crippen molar-refractivity contribution in [1.29, 1.82) is 0 Å². The molecule has 2 aromatic rings. The Morgan fingerprint density at radius 3 is 2.83 bits per heavy atom. The van der Waals surface area contributed by atoms with Crippen molar-refractivity contribution in [3.63, 3.8) is 0 Å². The van der Waals surface area contributed by atoms with Gasteiger partial charge >= 0.3 is 5.97 Å². The summed E-state index contributed by atoms with van der Waals surface area (Å²) in [7, 11) is 0. The first-order valence-corrected chi connectivity index (χ1v) is 13.6. The van der Waals surface area contributed by atoms with Gasteiger partial charge in [0.15, 0.2) is 0 Å². The summed E-state index contributed by atoms with van der Waals surface area (Å²) >= 11 is 12.7. The molecule has 0 amide bonds. The van der Waals surface area contributed by atoms with E-state index in [9.17, 15) is 15.0 Å². The van der Waals surface area contributed by atoms with E-state index in [1.165, 1.54) is 11.1 Å². The SMILES string of the molecule is CC/C=C/[C@H](O)[C@@H]1CC[C@H]1CN1C[C@@]2(CCCc3cc(Cl)ccc32)COc2cc(Cl)c(C(=O)O)cc21. The van der Waals surface area contributed by atoms with Crippen LogP contribution in [-0.2, 0) is 11.8 Å². The number of hydrogen-bond donors (Lipinski definition) is 2. The van der Waals surface area contributed by atoms with Crippen molar-refractivity contribution >= 4 is 34.9 Å². The van der Waals surface area contributed by atoms with Crippen LogP contribution in [0.1, 0.15) is 60.5 Å². The van der Waals surface area contributed by atoms with E-state index in [-0.39, 0.29) is 21.9 Å². The number of aromatic carboxylic acids is 1. The average Bonchev–Trinajstić information content (AvgIpc) is 2.97. The van der Waals surface area contributed by atoms with Gasteiger partial charge in [0.1, 0.15) is 5.75 Å². The molecule has 2 aromatic carbocycles. The van der Waals surface area contributed by atoms with Gasteiger partial charge < -0.3 is 19.8 Å². The average molecular weight is 530 g/mol. The van der Waals surface area contributed by atoms with Crippen LogP contribution < -0.4 is 9.64 Å². The molecule has 3 aliphatic rings. The number of carboxylic acids is 1. The maximum absolute atomic E-state index is 11.9. The van der Waals surface area contributed by atoms with Gasteiger partial charge in [-0.15, -0.1) is 0 Å². The van der Waals surface area contributed by atoms with Crippen LogP contribution in [-0.4, -0.2) is 42.0 Å². The normalized spacial score (nSPS) is 26.1. The second kappa shape index (κ2) is 10.3. The first-order chi connectivity index (χ1) is 17.3. The van der Waals surface area contributed by atoms with E-state index in [1.807, 2.05) is 18.2 Å². The number of benzene rings is 2. The number of allylic oxidation sites excluding steroid dienone is 1. The molecule has 0 bridgehead atoms. The van der Waals surface area contributed by atoms with E-state index in [4.69, 9.17) is 27.9 Å². The lowest BCUT2D eigenvalue weighted by Gasteiger charge is -2.45. The number of hydrogen-bond acceptors (Lipinski definition) is 4. The summed E-state index contributed by atoms with van der Waals surface area (Å²) in [6.45, 7) is 3.99. The summed E-state index contributed by atoms with van der Waals surface area (Å²) in [4.78, 5) is 14.2. The number of anilines is 1. The Morgan fingerprint density at radius 1 is 1.28 bits per heavy atom. The highest BCUT2D eigenvalue weighted by Crippen LogP contribution is 2.47. The number of aryl methyl sites for hydroxylation is 1. The van der Waals surface area contributed by atoms with Crippen molar-refractivity contribution in [3.05, 3.63) is 69.2 Å². The molecule has 192 valence electrons. The Morgan fingerprint density at radius 2 is 2.11 bits per heavy atom. The molecule has 7 heteroatoms. The lowest BCUT2D eigenvalue weighted by molar-refractivity contribution is 0.0456. The van der Waals surface area contributed by atoms with Crippen molar-refractivity contribution in [2.75, 3.05) is 24.6 Å². The molecular formula is C29H33Cl2NO4. The maximum Gasteiger partial charge on any atom is 0.337 e.